The monoisotopic (exact) mass is 363 g/mol. The first kappa shape index (κ1) is 18.1. The summed E-state index contributed by atoms with van der Waals surface area (Å²) in [5, 5.41) is 5.88. The molecule has 138 valence electrons. The highest BCUT2D eigenvalue weighted by molar-refractivity contribution is 5.91. The number of methoxy groups -OCH3 is 1. The van der Waals surface area contributed by atoms with E-state index in [1.54, 1.807) is 6.07 Å². The molecule has 2 N–H and O–H groups in total. The lowest BCUT2D eigenvalue weighted by molar-refractivity contribution is -0.120. The zero-order valence-corrected chi connectivity index (χ0v) is 14.3. The lowest BCUT2D eigenvalue weighted by Crippen LogP contribution is -2.31. The standard InChI is InChI=1S/C18H19F2N3O3/c1-26-18(25)13-8-12(23-6-5-21-10-15(13)23)9-22-16(24)7-11-3-2-4-14(19)17(11)20/h2-4,8,21H,5-7,9-10H2,1H3,(H,22,24). The number of amides is 1. The molecule has 0 unspecified atom stereocenters. The average Bonchev–Trinajstić information content (AvgIpc) is 3.02. The van der Waals surface area contributed by atoms with Crippen LogP contribution in [0.25, 0.3) is 0 Å². The van der Waals surface area contributed by atoms with Crippen LogP contribution in [0.1, 0.15) is 27.3 Å². The van der Waals surface area contributed by atoms with E-state index in [0.717, 1.165) is 24.0 Å². The van der Waals surface area contributed by atoms with Gasteiger partial charge in [0.2, 0.25) is 5.91 Å². The largest absolute Gasteiger partial charge is 0.465 e. The van der Waals surface area contributed by atoms with Crippen molar-refractivity contribution in [1.29, 1.82) is 0 Å². The Labute approximate surface area is 149 Å². The summed E-state index contributed by atoms with van der Waals surface area (Å²) in [6.07, 6.45) is -0.261. The van der Waals surface area contributed by atoms with Crippen LogP contribution in [-0.4, -0.2) is 30.1 Å². The van der Waals surface area contributed by atoms with E-state index in [-0.39, 0.29) is 18.5 Å². The molecular formula is C18H19F2N3O3. The number of hydrogen-bond acceptors (Lipinski definition) is 4. The minimum Gasteiger partial charge on any atom is -0.465 e. The molecule has 3 rings (SSSR count). The number of hydrogen-bond donors (Lipinski definition) is 2. The molecule has 26 heavy (non-hydrogen) atoms. The van der Waals surface area contributed by atoms with Crippen LogP contribution in [0, 0.1) is 11.6 Å². The molecule has 1 aliphatic heterocycles. The van der Waals surface area contributed by atoms with Gasteiger partial charge >= 0.3 is 5.97 Å². The third-order valence-corrected chi connectivity index (χ3v) is 4.35. The summed E-state index contributed by atoms with van der Waals surface area (Å²) in [5.74, 6) is -2.86. The molecule has 0 aliphatic carbocycles. The Morgan fingerprint density at radius 3 is 2.92 bits per heavy atom. The van der Waals surface area contributed by atoms with Crippen LogP contribution in [0.5, 0.6) is 0 Å². The highest BCUT2D eigenvalue weighted by Crippen LogP contribution is 2.20. The van der Waals surface area contributed by atoms with Crippen molar-refractivity contribution in [3.63, 3.8) is 0 Å². The van der Waals surface area contributed by atoms with Gasteiger partial charge in [0.05, 0.1) is 25.6 Å². The topological polar surface area (TPSA) is 72.4 Å². The van der Waals surface area contributed by atoms with Gasteiger partial charge < -0.3 is 19.9 Å². The van der Waals surface area contributed by atoms with Gasteiger partial charge in [-0.25, -0.2) is 13.6 Å². The Kier molecular flexibility index (Phi) is 5.32. The molecule has 8 heteroatoms. The van der Waals surface area contributed by atoms with Gasteiger partial charge in [-0.1, -0.05) is 12.1 Å². The number of carbonyl (C=O) groups is 2. The summed E-state index contributed by atoms with van der Waals surface area (Å²) in [6, 6.07) is 5.43. The SMILES string of the molecule is COC(=O)c1cc(CNC(=O)Cc2cccc(F)c2F)n2c1CNCC2. The van der Waals surface area contributed by atoms with Crippen molar-refractivity contribution in [3.05, 3.63) is 58.4 Å². The number of aromatic nitrogens is 1. The molecule has 0 saturated carbocycles. The summed E-state index contributed by atoms with van der Waals surface area (Å²) in [6.45, 7) is 2.13. The highest BCUT2D eigenvalue weighted by Gasteiger charge is 2.23. The van der Waals surface area contributed by atoms with Gasteiger partial charge in [0.1, 0.15) is 0 Å². The van der Waals surface area contributed by atoms with Gasteiger partial charge in [-0.05, 0) is 12.1 Å². The molecular weight excluding hydrogens is 344 g/mol. The molecule has 2 heterocycles. The second kappa shape index (κ2) is 7.65. The first-order valence-corrected chi connectivity index (χ1v) is 8.21. The van der Waals surface area contributed by atoms with Gasteiger partial charge in [-0.2, -0.15) is 0 Å². The lowest BCUT2D eigenvalue weighted by atomic mass is 10.1. The van der Waals surface area contributed by atoms with Crippen molar-refractivity contribution in [2.24, 2.45) is 0 Å². The Bertz CT molecular complexity index is 848. The molecule has 0 spiro atoms. The van der Waals surface area contributed by atoms with E-state index in [4.69, 9.17) is 4.74 Å². The summed E-state index contributed by atoms with van der Waals surface area (Å²) in [7, 11) is 1.32. The van der Waals surface area contributed by atoms with Gasteiger partial charge in [-0.15, -0.1) is 0 Å². The van der Waals surface area contributed by atoms with Crippen LogP contribution >= 0.6 is 0 Å². The third kappa shape index (κ3) is 3.60. The molecule has 1 aromatic carbocycles. The molecule has 1 amide bonds. The van der Waals surface area contributed by atoms with E-state index < -0.39 is 23.5 Å². The molecule has 2 aromatic rings. The van der Waals surface area contributed by atoms with Crippen molar-refractivity contribution in [2.75, 3.05) is 13.7 Å². The third-order valence-electron chi connectivity index (χ3n) is 4.35. The molecule has 0 saturated heterocycles. The number of fused-ring (bicyclic) bond motifs is 1. The van der Waals surface area contributed by atoms with Gasteiger partial charge in [0.15, 0.2) is 11.6 Å². The zero-order chi connectivity index (χ0) is 18.7. The minimum atomic E-state index is -1.01. The van der Waals surface area contributed by atoms with E-state index in [0.29, 0.717) is 18.7 Å². The number of esters is 1. The van der Waals surface area contributed by atoms with E-state index in [1.165, 1.54) is 19.2 Å². The van der Waals surface area contributed by atoms with E-state index in [2.05, 4.69) is 10.6 Å². The normalized spacial score (nSPS) is 13.2. The zero-order valence-electron chi connectivity index (χ0n) is 14.3. The maximum Gasteiger partial charge on any atom is 0.339 e. The molecule has 0 radical (unpaired) electrons. The predicted molar refractivity (Wildman–Crippen MR) is 89.4 cm³/mol. The number of carbonyl (C=O) groups excluding carboxylic acids is 2. The van der Waals surface area contributed by atoms with Crippen LogP contribution in [0.4, 0.5) is 8.78 Å². The number of ether oxygens (including phenoxy) is 1. The fraction of sp³-hybridized carbons (Fsp3) is 0.333. The molecule has 1 aromatic heterocycles. The number of benzene rings is 1. The maximum absolute atomic E-state index is 13.7. The molecule has 0 atom stereocenters. The average molecular weight is 363 g/mol. The van der Waals surface area contributed by atoms with Crippen LogP contribution in [-0.2, 0) is 35.6 Å². The van der Waals surface area contributed by atoms with Crippen LogP contribution < -0.4 is 10.6 Å². The molecule has 6 nitrogen and oxygen atoms in total. The van der Waals surface area contributed by atoms with Crippen molar-refractivity contribution < 1.29 is 23.1 Å². The predicted octanol–water partition coefficient (Wildman–Crippen LogP) is 1.51. The Hall–Kier alpha value is -2.74. The van der Waals surface area contributed by atoms with Crippen molar-refractivity contribution >= 4 is 11.9 Å². The summed E-state index contributed by atoms with van der Waals surface area (Å²) < 4.78 is 33.6. The highest BCUT2D eigenvalue weighted by atomic mass is 19.2. The number of halogens is 2. The molecule has 0 bridgehead atoms. The van der Waals surface area contributed by atoms with Crippen molar-refractivity contribution in [3.8, 4) is 0 Å². The van der Waals surface area contributed by atoms with Crippen molar-refractivity contribution in [1.82, 2.24) is 15.2 Å². The van der Waals surface area contributed by atoms with Crippen LogP contribution in [0.3, 0.4) is 0 Å². The second-order valence-corrected chi connectivity index (χ2v) is 5.98. The first-order chi connectivity index (χ1) is 12.5. The van der Waals surface area contributed by atoms with Gasteiger partial charge in [0.25, 0.3) is 0 Å². The number of rotatable bonds is 5. The van der Waals surface area contributed by atoms with Crippen molar-refractivity contribution in [2.45, 2.75) is 26.1 Å². The molecule has 0 fully saturated rings. The van der Waals surface area contributed by atoms with E-state index in [1.807, 2.05) is 4.57 Å². The summed E-state index contributed by atoms with van der Waals surface area (Å²) in [4.78, 5) is 24.0. The minimum absolute atomic E-state index is 0.000798. The lowest BCUT2D eigenvalue weighted by Gasteiger charge is -2.20. The Morgan fingerprint density at radius 2 is 2.15 bits per heavy atom. The quantitative estimate of drug-likeness (QED) is 0.790. The maximum atomic E-state index is 13.7. The van der Waals surface area contributed by atoms with Crippen LogP contribution in [0.15, 0.2) is 24.3 Å². The Morgan fingerprint density at radius 1 is 1.35 bits per heavy atom. The van der Waals surface area contributed by atoms with Gasteiger partial charge in [-0.3, -0.25) is 4.79 Å². The molecule has 1 aliphatic rings. The number of nitrogens with one attached hydrogen (secondary N) is 2. The fourth-order valence-electron chi connectivity index (χ4n) is 3.06. The number of nitrogens with zero attached hydrogens (tertiary/aromatic N) is 1. The van der Waals surface area contributed by atoms with E-state index >= 15 is 0 Å². The summed E-state index contributed by atoms with van der Waals surface area (Å²) in [5.41, 5.74) is 2.03. The van der Waals surface area contributed by atoms with Crippen LogP contribution in [0.2, 0.25) is 0 Å². The first-order valence-electron chi connectivity index (χ1n) is 8.21. The van der Waals surface area contributed by atoms with E-state index in [9.17, 15) is 18.4 Å². The van der Waals surface area contributed by atoms with Gasteiger partial charge in [0, 0.05) is 36.6 Å². The fourth-order valence-corrected chi connectivity index (χ4v) is 3.06. The Balaban J connectivity index is 1.71. The smallest absolute Gasteiger partial charge is 0.339 e. The summed E-state index contributed by atoms with van der Waals surface area (Å²) >= 11 is 0. The second-order valence-electron chi connectivity index (χ2n) is 5.98.